The number of thioether (sulfide) groups is 1. The minimum atomic E-state index is -0.529. The molecule has 1 aliphatic rings. The molecule has 0 atom stereocenters. The minimum Gasteiger partial charge on any atom is -0.468 e. The smallest absolute Gasteiger partial charge is 0.341 e. The molecule has 0 saturated heterocycles. The lowest BCUT2D eigenvalue weighted by Crippen LogP contribution is -2.23. The van der Waals surface area contributed by atoms with Gasteiger partial charge in [-0.1, -0.05) is 11.3 Å². The molecule has 0 spiro atoms. The molecule has 14 heteroatoms. The number of aromatic nitrogens is 1. The molecule has 0 radical (unpaired) electrons. The topological polar surface area (TPSA) is 142 Å². The standard InChI is InChI=1S/C26H27N3O8S3/c1-4-37-25(34)22-15-6-5-7-17(15)39-23(22)27-19(30)12-38-13-20(31)28-26-29(11-21(32)35-2)16-9-8-14(24(33)36-3)10-18(16)40-26/h8-10H,4-7,11-13H2,1-3H3,(H,27,30). The molecule has 1 aliphatic carbocycles. The van der Waals surface area contributed by atoms with Crippen molar-refractivity contribution in [2.24, 2.45) is 4.99 Å². The molecule has 0 saturated carbocycles. The van der Waals surface area contributed by atoms with Crippen molar-refractivity contribution < 1.29 is 38.2 Å². The lowest BCUT2D eigenvalue weighted by atomic mass is 10.1. The number of esters is 3. The van der Waals surface area contributed by atoms with Gasteiger partial charge in [0, 0.05) is 4.88 Å². The summed E-state index contributed by atoms with van der Waals surface area (Å²) in [6, 6.07) is 4.81. The Kier molecular flexibility index (Phi) is 9.76. The first kappa shape index (κ1) is 29.5. The van der Waals surface area contributed by atoms with Crippen LogP contribution < -0.4 is 10.1 Å². The predicted octanol–water partition coefficient (Wildman–Crippen LogP) is 3.19. The van der Waals surface area contributed by atoms with Gasteiger partial charge in [0.1, 0.15) is 11.5 Å². The highest BCUT2D eigenvalue weighted by atomic mass is 32.2. The number of nitrogens with zero attached hydrogens (tertiary/aromatic N) is 2. The number of carbonyl (C=O) groups excluding carboxylic acids is 5. The quantitative estimate of drug-likeness (QED) is 0.272. The maximum absolute atomic E-state index is 12.7. The van der Waals surface area contributed by atoms with E-state index in [1.807, 2.05) is 0 Å². The Morgan fingerprint density at radius 3 is 2.58 bits per heavy atom. The number of hydrogen-bond donors (Lipinski definition) is 1. The predicted molar refractivity (Wildman–Crippen MR) is 152 cm³/mol. The van der Waals surface area contributed by atoms with Crippen LogP contribution in [-0.4, -0.2) is 66.6 Å². The molecular formula is C26H27N3O8S3. The van der Waals surface area contributed by atoms with E-state index in [2.05, 4.69) is 10.3 Å². The first-order valence-corrected chi connectivity index (χ1v) is 15.1. The number of anilines is 1. The Labute approximate surface area is 241 Å². The van der Waals surface area contributed by atoms with Gasteiger partial charge in [-0.3, -0.25) is 14.4 Å². The van der Waals surface area contributed by atoms with E-state index in [4.69, 9.17) is 14.2 Å². The second-order valence-electron chi connectivity index (χ2n) is 8.55. The largest absolute Gasteiger partial charge is 0.468 e. The van der Waals surface area contributed by atoms with Gasteiger partial charge in [-0.25, -0.2) is 9.59 Å². The molecule has 212 valence electrons. The zero-order valence-electron chi connectivity index (χ0n) is 22.1. The van der Waals surface area contributed by atoms with E-state index in [1.165, 1.54) is 30.1 Å². The molecule has 40 heavy (non-hydrogen) atoms. The van der Waals surface area contributed by atoms with Crippen LogP contribution in [0.3, 0.4) is 0 Å². The first-order valence-electron chi connectivity index (χ1n) is 12.3. The number of fused-ring (bicyclic) bond motifs is 2. The molecule has 2 heterocycles. The molecular weight excluding hydrogens is 579 g/mol. The second kappa shape index (κ2) is 13.2. The van der Waals surface area contributed by atoms with Gasteiger partial charge in [-0.2, -0.15) is 4.99 Å². The Hall–Kier alpha value is -3.49. The Balaban J connectivity index is 1.45. The van der Waals surface area contributed by atoms with Crippen LogP contribution >= 0.6 is 34.4 Å². The number of amides is 2. The molecule has 0 fully saturated rings. The van der Waals surface area contributed by atoms with Gasteiger partial charge in [0.25, 0.3) is 5.91 Å². The van der Waals surface area contributed by atoms with Crippen molar-refractivity contribution in [3.63, 3.8) is 0 Å². The third-order valence-electron chi connectivity index (χ3n) is 5.95. The van der Waals surface area contributed by atoms with Crippen LogP contribution in [0.2, 0.25) is 0 Å². The van der Waals surface area contributed by atoms with E-state index < -0.39 is 23.8 Å². The molecule has 0 bridgehead atoms. The lowest BCUT2D eigenvalue weighted by molar-refractivity contribution is -0.141. The fourth-order valence-electron chi connectivity index (χ4n) is 4.19. The van der Waals surface area contributed by atoms with Crippen LogP contribution in [0.15, 0.2) is 23.2 Å². The summed E-state index contributed by atoms with van der Waals surface area (Å²) in [5.41, 5.74) is 2.30. The van der Waals surface area contributed by atoms with E-state index in [0.29, 0.717) is 26.3 Å². The third-order valence-corrected chi connectivity index (χ3v) is 9.12. The highest BCUT2D eigenvalue weighted by Gasteiger charge is 2.28. The van der Waals surface area contributed by atoms with Crippen LogP contribution in [0.5, 0.6) is 0 Å². The molecule has 1 aromatic carbocycles. The Morgan fingerprint density at radius 2 is 1.85 bits per heavy atom. The lowest BCUT2D eigenvalue weighted by Gasteiger charge is -2.07. The fourth-order valence-corrected chi connectivity index (χ4v) is 7.17. The van der Waals surface area contributed by atoms with Gasteiger partial charge in [0.05, 0.1) is 53.7 Å². The van der Waals surface area contributed by atoms with Crippen molar-refractivity contribution in [1.29, 1.82) is 0 Å². The number of hydrogen-bond acceptors (Lipinski definition) is 11. The fraction of sp³-hybridized carbons (Fsp3) is 0.385. The van der Waals surface area contributed by atoms with Crippen molar-refractivity contribution in [1.82, 2.24) is 4.57 Å². The number of rotatable bonds is 10. The normalized spacial score (nSPS) is 12.7. The molecule has 1 N–H and O–H groups in total. The molecule has 4 rings (SSSR count). The average Bonchev–Trinajstić information content (AvgIpc) is 3.61. The SMILES string of the molecule is CCOC(=O)c1c(NC(=O)CSCC(=O)N=c2sc3cc(C(=O)OC)ccc3n2CC(=O)OC)sc2c1CCC2. The third kappa shape index (κ3) is 6.62. The highest BCUT2D eigenvalue weighted by molar-refractivity contribution is 8.00. The van der Waals surface area contributed by atoms with Gasteiger partial charge in [-0.15, -0.1) is 23.1 Å². The van der Waals surface area contributed by atoms with Crippen LogP contribution in [0.1, 0.15) is 44.5 Å². The Morgan fingerprint density at radius 1 is 1.05 bits per heavy atom. The second-order valence-corrected chi connectivity index (χ2v) is 11.6. The number of nitrogens with one attached hydrogen (secondary N) is 1. The molecule has 0 aliphatic heterocycles. The maximum atomic E-state index is 12.7. The van der Waals surface area contributed by atoms with Gasteiger partial charge in [0.15, 0.2) is 4.80 Å². The van der Waals surface area contributed by atoms with Crippen LogP contribution in [0.4, 0.5) is 5.00 Å². The van der Waals surface area contributed by atoms with Crippen molar-refractivity contribution >= 4 is 79.4 Å². The van der Waals surface area contributed by atoms with E-state index in [9.17, 15) is 24.0 Å². The maximum Gasteiger partial charge on any atom is 0.341 e. The average molecular weight is 606 g/mol. The number of carbonyl (C=O) groups is 5. The molecule has 0 unspecified atom stereocenters. The first-order chi connectivity index (χ1) is 19.2. The summed E-state index contributed by atoms with van der Waals surface area (Å²) in [7, 11) is 2.54. The number of thiazole rings is 1. The summed E-state index contributed by atoms with van der Waals surface area (Å²) in [5.74, 6) is -2.44. The number of methoxy groups -OCH3 is 2. The van der Waals surface area contributed by atoms with E-state index in [1.54, 1.807) is 25.1 Å². The number of ether oxygens (including phenoxy) is 3. The number of benzene rings is 1. The molecule has 3 aromatic rings. The summed E-state index contributed by atoms with van der Waals surface area (Å²) >= 11 is 3.61. The van der Waals surface area contributed by atoms with Gasteiger partial charge >= 0.3 is 17.9 Å². The monoisotopic (exact) mass is 605 g/mol. The summed E-state index contributed by atoms with van der Waals surface area (Å²) in [6.45, 7) is 1.80. The van der Waals surface area contributed by atoms with Gasteiger partial charge in [-0.05, 0) is 49.9 Å². The van der Waals surface area contributed by atoms with Crippen LogP contribution in [0.25, 0.3) is 10.2 Å². The summed E-state index contributed by atoms with van der Waals surface area (Å²) in [5, 5.41) is 3.28. The molecule has 2 amide bonds. The highest BCUT2D eigenvalue weighted by Crippen LogP contribution is 2.39. The van der Waals surface area contributed by atoms with E-state index >= 15 is 0 Å². The zero-order valence-corrected chi connectivity index (χ0v) is 24.5. The van der Waals surface area contributed by atoms with E-state index in [-0.39, 0.29) is 35.4 Å². The van der Waals surface area contributed by atoms with Crippen LogP contribution in [-0.2, 0) is 48.0 Å². The van der Waals surface area contributed by atoms with Crippen molar-refractivity contribution in [2.45, 2.75) is 32.7 Å². The number of thiophene rings is 1. The van der Waals surface area contributed by atoms with Crippen molar-refractivity contribution in [3.8, 4) is 0 Å². The summed E-state index contributed by atoms with van der Waals surface area (Å²) < 4.78 is 16.9. The zero-order chi connectivity index (χ0) is 28.8. The minimum absolute atomic E-state index is 0.0246. The summed E-state index contributed by atoms with van der Waals surface area (Å²) in [6.07, 6.45) is 2.61. The van der Waals surface area contributed by atoms with Crippen LogP contribution in [0, 0.1) is 0 Å². The molecule has 11 nitrogen and oxygen atoms in total. The number of aryl methyl sites for hydroxylation is 1. The van der Waals surface area contributed by atoms with Gasteiger partial charge < -0.3 is 24.1 Å². The summed E-state index contributed by atoms with van der Waals surface area (Å²) in [4.78, 5) is 67.3. The van der Waals surface area contributed by atoms with E-state index in [0.717, 1.165) is 52.8 Å². The van der Waals surface area contributed by atoms with Crippen molar-refractivity contribution in [3.05, 3.63) is 44.6 Å². The molecule has 2 aromatic heterocycles. The van der Waals surface area contributed by atoms with Gasteiger partial charge in [0.2, 0.25) is 5.91 Å². The Bertz CT molecular complexity index is 1550. The van der Waals surface area contributed by atoms with Crippen molar-refractivity contribution in [2.75, 3.05) is 37.6 Å².